The van der Waals surface area contributed by atoms with Gasteiger partial charge in [-0.1, -0.05) is 46.3 Å². The SMILES string of the molecule is Cc1cccc(C(Cl)c2ccc3c(c2)CCO3)c1Br. The summed E-state index contributed by atoms with van der Waals surface area (Å²) >= 11 is 10.3. The maximum atomic E-state index is 6.64. The third-order valence-corrected chi connectivity index (χ3v) is 5.07. The van der Waals surface area contributed by atoms with E-state index in [-0.39, 0.29) is 5.38 Å². The van der Waals surface area contributed by atoms with Gasteiger partial charge in [0.25, 0.3) is 0 Å². The second-order valence-electron chi connectivity index (χ2n) is 4.81. The van der Waals surface area contributed by atoms with Gasteiger partial charge in [-0.3, -0.25) is 0 Å². The van der Waals surface area contributed by atoms with Gasteiger partial charge in [-0.2, -0.15) is 0 Å². The van der Waals surface area contributed by atoms with Crippen LogP contribution in [0.3, 0.4) is 0 Å². The number of aryl methyl sites for hydroxylation is 1. The second kappa shape index (κ2) is 5.18. The fourth-order valence-electron chi connectivity index (χ4n) is 2.41. The number of benzene rings is 2. The normalized spacial score (nSPS) is 14.9. The lowest BCUT2D eigenvalue weighted by molar-refractivity contribution is 0.357. The number of fused-ring (bicyclic) bond motifs is 1. The first-order valence-electron chi connectivity index (χ1n) is 6.31. The fraction of sp³-hybridized carbons (Fsp3) is 0.250. The van der Waals surface area contributed by atoms with Crippen molar-refractivity contribution in [1.82, 2.24) is 0 Å². The molecule has 19 heavy (non-hydrogen) atoms. The summed E-state index contributed by atoms with van der Waals surface area (Å²) in [7, 11) is 0. The number of hydrogen-bond acceptors (Lipinski definition) is 1. The molecule has 3 heteroatoms. The van der Waals surface area contributed by atoms with Crippen LogP contribution in [0.25, 0.3) is 0 Å². The van der Waals surface area contributed by atoms with Crippen LogP contribution in [-0.4, -0.2) is 6.61 Å². The highest BCUT2D eigenvalue weighted by molar-refractivity contribution is 9.10. The molecule has 1 nitrogen and oxygen atoms in total. The van der Waals surface area contributed by atoms with Crippen molar-refractivity contribution in [1.29, 1.82) is 0 Å². The van der Waals surface area contributed by atoms with Crippen molar-refractivity contribution in [2.75, 3.05) is 6.61 Å². The van der Waals surface area contributed by atoms with E-state index in [1.54, 1.807) is 0 Å². The van der Waals surface area contributed by atoms with Crippen molar-refractivity contribution in [3.63, 3.8) is 0 Å². The quantitative estimate of drug-likeness (QED) is 0.699. The Morgan fingerprint density at radius 2 is 2.11 bits per heavy atom. The Kier molecular flexibility index (Phi) is 3.55. The molecular formula is C16H14BrClO. The minimum atomic E-state index is -0.139. The highest BCUT2D eigenvalue weighted by Crippen LogP contribution is 2.37. The molecule has 0 saturated carbocycles. The van der Waals surface area contributed by atoms with Gasteiger partial charge in [0.2, 0.25) is 0 Å². The van der Waals surface area contributed by atoms with E-state index in [0.717, 1.165) is 34.4 Å². The topological polar surface area (TPSA) is 9.23 Å². The van der Waals surface area contributed by atoms with Gasteiger partial charge in [0, 0.05) is 10.9 Å². The van der Waals surface area contributed by atoms with Crippen molar-refractivity contribution in [3.8, 4) is 5.75 Å². The van der Waals surface area contributed by atoms with Gasteiger partial charge in [0.15, 0.2) is 0 Å². The predicted molar refractivity (Wildman–Crippen MR) is 82.2 cm³/mol. The third-order valence-electron chi connectivity index (χ3n) is 3.50. The first-order valence-corrected chi connectivity index (χ1v) is 7.54. The molecule has 2 aromatic rings. The highest BCUT2D eigenvalue weighted by atomic mass is 79.9. The minimum absolute atomic E-state index is 0.139. The van der Waals surface area contributed by atoms with E-state index in [1.165, 1.54) is 11.1 Å². The molecule has 3 rings (SSSR count). The Morgan fingerprint density at radius 1 is 1.26 bits per heavy atom. The fourth-order valence-corrected chi connectivity index (χ4v) is 3.35. The average Bonchev–Trinajstić information content (AvgIpc) is 2.88. The van der Waals surface area contributed by atoms with Crippen LogP contribution in [0.1, 0.15) is 27.6 Å². The summed E-state index contributed by atoms with van der Waals surface area (Å²) in [6.07, 6.45) is 0.974. The summed E-state index contributed by atoms with van der Waals surface area (Å²) in [5.41, 5.74) is 4.69. The molecule has 1 heterocycles. The molecule has 0 aliphatic carbocycles. The lowest BCUT2D eigenvalue weighted by Gasteiger charge is -2.14. The lowest BCUT2D eigenvalue weighted by atomic mass is 10.00. The van der Waals surface area contributed by atoms with Gasteiger partial charge < -0.3 is 4.74 Å². The molecular weight excluding hydrogens is 324 g/mol. The Labute approximate surface area is 126 Å². The maximum absolute atomic E-state index is 6.64. The summed E-state index contributed by atoms with van der Waals surface area (Å²) < 4.78 is 6.62. The number of hydrogen-bond donors (Lipinski definition) is 0. The van der Waals surface area contributed by atoms with Gasteiger partial charge in [0.05, 0.1) is 12.0 Å². The molecule has 0 fully saturated rings. The van der Waals surface area contributed by atoms with E-state index in [1.807, 2.05) is 12.1 Å². The number of rotatable bonds is 2. The molecule has 0 spiro atoms. The molecule has 0 radical (unpaired) electrons. The van der Waals surface area contributed by atoms with Crippen LogP contribution in [0, 0.1) is 6.92 Å². The summed E-state index contributed by atoms with van der Waals surface area (Å²) in [5.74, 6) is 0.996. The smallest absolute Gasteiger partial charge is 0.122 e. The molecule has 98 valence electrons. The number of alkyl halides is 1. The molecule has 0 N–H and O–H groups in total. The highest BCUT2D eigenvalue weighted by Gasteiger charge is 2.18. The van der Waals surface area contributed by atoms with Gasteiger partial charge in [-0.05, 0) is 35.2 Å². The number of ether oxygens (including phenoxy) is 1. The molecule has 1 atom stereocenters. The molecule has 1 aliphatic rings. The first-order chi connectivity index (χ1) is 9.16. The van der Waals surface area contributed by atoms with Crippen molar-refractivity contribution in [2.45, 2.75) is 18.7 Å². The zero-order valence-electron chi connectivity index (χ0n) is 10.6. The Bertz CT molecular complexity index is 624. The number of halogens is 2. The maximum Gasteiger partial charge on any atom is 0.122 e. The zero-order chi connectivity index (χ0) is 13.4. The molecule has 0 saturated heterocycles. The van der Waals surface area contributed by atoms with Gasteiger partial charge >= 0.3 is 0 Å². The van der Waals surface area contributed by atoms with Crippen molar-refractivity contribution < 1.29 is 4.74 Å². The van der Waals surface area contributed by atoms with Crippen LogP contribution in [0.15, 0.2) is 40.9 Å². The minimum Gasteiger partial charge on any atom is -0.493 e. The summed E-state index contributed by atoms with van der Waals surface area (Å²) in [6, 6.07) is 12.4. The van der Waals surface area contributed by atoms with Crippen molar-refractivity contribution in [3.05, 3.63) is 63.1 Å². The van der Waals surface area contributed by atoms with Crippen LogP contribution >= 0.6 is 27.5 Å². The van der Waals surface area contributed by atoms with E-state index < -0.39 is 0 Å². The third kappa shape index (κ3) is 2.39. The lowest BCUT2D eigenvalue weighted by Crippen LogP contribution is -1.96. The Hall–Kier alpha value is -0.990. The van der Waals surface area contributed by atoms with Crippen LogP contribution in [0.5, 0.6) is 5.75 Å². The Morgan fingerprint density at radius 3 is 2.95 bits per heavy atom. The van der Waals surface area contributed by atoms with Crippen LogP contribution in [-0.2, 0) is 6.42 Å². The average molecular weight is 338 g/mol. The Balaban J connectivity index is 2.00. The van der Waals surface area contributed by atoms with E-state index in [2.05, 4.69) is 47.1 Å². The largest absolute Gasteiger partial charge is 0.493 e. The zero-order valence-corrected chi connectivity index (χ0v) is 13.0. The molecule has 0 amide bonds. The summed E-state index contributed by atoms with van der Waals surface area (Å²) in [5, 5.41) is -0.139. The van der Waals surface area contributed by atoms with Crippen molar-refractivity contribution >= 4 is 27.5 Å². The summed E-state index contributed by atoms with van der Waals surface area (Å²) in [4.78, 5) is 0. The molecule has 1 unspecified atom stereocenters. The molecule has 0 aromatic heterocycles. The summed E-state index contributed by atoms with van der Waals surface area (Å²) in [6.45, 7) is 2.85. The first kappa shape index (κ1) is 13.0. The van der Waals surface area contributed by atoms with Crippen LogP contribution in [0.4, 0.5) is 0 Å². The van der Waals surface area contributed by atoms with E-state index in [9.17, 15) is 0 Å². The standard InChI is InChI=1S/C16H14BrClO/c1-10-3-2-4-13(15(10)17)16(18)12-5-6-14-11(9-12)7-8-19-14/h2-6,9,16H,7-8H2,1H3. The van der Waals surface area contributed by atoms with Crippen LogP contribution in [0.2, 0.25) is 0 Å². The van der Waals surface area contributed by atoms with Gasteiger partial charge in [-0.15, -0.1) is 11.6 Å². The van der Waals surface area contributed by atoms with E-state index >= 15 is 0 Å². The van der Waals surface area contributed by atoms with Crippen molar-refractivity contribution in [2.24, 2.45) is 0 Å². The molecule has 1 aliphatic heterocycles. The predicted octanol–water partition coefficient (Wildman–Crippen LogP) is 5.02. The van der Waals surface area contributed by atoms with E-state index in [0.29, 0.717) is 0 Å². The van der Waals surface area contributed by atoms with Gasteiger partial charge in [-0.25, -0.2) is 0 Å². The van der Waals surface area contributed by atoms with E-state index in [4.69, 9.17) is 16.3 Å². The molecule has 0 bridgehead atoms. The second-order valence-corrected chi connectivity index (χ2v) is 6.04. The molecule has 2 aromatic carbocycles. The van der Waals surface area contributed by atoms with Crippen LogP contribution < -0.4 is 4.74 Å². The monoisotopic (exact) mass is 336 g/mol. The van der Waals surface area contributed by atoms with Gasteiger partial charge in [0.1, 0.15) is 5.75 Å².